The molecule has 0 saturated carbocycles. The van der Waals surface area contributed by atoms with Crippen molar-refractivity contribution in [1.29, 1.82) is 0 Å². The number of para-hydroxylation sites is 1. The van der Waals surface area contributed by atoms with Crippen LogP contribution in [0.1, 0.15) is 48.2 Å². The molecule has 5 nitrogen and oxygen atoms in total. The summed E-state index contributed by atoms with van der Waals surface area (Å²) in [5.41, 5.74) is 4.27. The van der Waals surface area contributed by atoms with Gasteiger partial charge in [0.25, 0.3) is 0 Å². The van der Waals surface area contributed by atoms with Crippen LogP contribution in [0.4, 0.5) is 11.4 Å². The maximum atomic E-state index is 12.3. The van der Waals surface area contributed by atoms with E-state index in [1.807, 2.05) is 39.0 Å². The van der Waals surface area contributed by atoms with E-state index in [0.717, 1.165) is 22.6 Å². The molecule has 2 amide bonds. The van der Waals surface area contributed by atoms with Crippen LogP contribution in [0, 0.1) is 13.8 Å². The van der Waals surface area contributed by atoms with Gasteiger partial charge in [0, 0.05) is 23.4 Å². The molecule has 1 atom stereocenters. The monoisotopic (exact) mass is 412 g/mol. The fourth-order valence-electron chi connectivity index (χ4n) is 2.81. The summed E-state index contributed by atoms with van der Waals surface area (Å²) in [4.78, 5) is 35.8. The summed E-state index contributed by atoms with van der Waals surface area (Å²) in [7, 11) is 0. The third-order valence-corrected chi connectivity index (χ3v) is 5.83. The van der Waals surface area contributed by atoms with Crippen LogP contribution in [-0.2, 0) is 9.59 Å². The van der Waals surface area contributed by atoms with Gasteiger partial charge in [-0.25, -0.2) is 0 Å². The SMILES string of the molecule is CC(=O)c1ccc(NC(=O)C(C)SCCCC(=O)Nc2c(C)cccc2C)cc1. The number of amides is 2. The van der Waals surface area contributed by atoms with Crippen LogP contribution in [0.5, 0.6) is 0 Å². The molecule has 29 heavy (non-hydrogen) atoms. The average Bonchev–Trinajstić information content (AvgIpc) is 2.68. The minimum atomic E-state index is -0.232. The molecule has 2 N–H and O–H groups in total. The van der Waals surface area contributed by atoms with Gasteiger partial charge in [0.05, 0.1) is 5.25 Å². The first kappa shape index (κ1) is 22.7. The molecule has 2 aromatic rings. The number of nitrogens with one attached hydrogen (secondary N) is 2. The van der Waals surface area contributed by atoms with Crippen molar-refractivity contribution in [3.8, 4) is 0 Å². The van der Waals surface area contributed by atoms with E-state index in [9.17, 15) is 14.4 Å². The van der Waals surface area contributed by atoms with Crippen molar-refractivity contribution in [2.24, 2.45) is 0 Å². The number of Topliss-reactive ketones (excluding diaryl/α,β-unsaturated/α-hetero) is 1. The molecule has 154 valence electrons. The Morgan fingerprint density at radius 2 is 1.59 bits per heavy atom. The van der Waals surface area contributed by atoms with Gasteiger partial charge >= 0.3 is 0 Å². The zero-order valence-corrected chi connectivity index (χ0v) is 18.2. The maximum absolute atomic E-state index is 12.3. The van der Waals surface area contributed by atoms with Gasteiger partial charge in [-0.2, -0.15) is 0 Å². The number of benzene rings is 2. The lowest BCUT2D eigenvalue weighted by molar-refractivity contribution is -0.116. The van der Waals surface area contributed by atoms with Crippen LogP contribution in [0.25, 0.3) is 0 Å². The normalized spacial score (nSPS) is 11.6. The van der Waals surface area contributed by atoms with Crippen molar-refractivity contribution in [1.82, 2.24) is 0 Å². The van der Waals surface area contributed by atoms with Crippen LogP contribution in [0.15, 0.2) is 42.5 Å². The average molecular weight is 413 g/mol. The Labute approximate surface area is 176 Å². The molecule has 0 aromatic heterocycles. The van der Waals surface area contributed by atoms with Gasteiger partial charge < -0.3 is 10.6 Å². The minimum Gasteiger partial charge on any atom is -0.326 e. The molecule has 0 aliphatic carbocycles. The number of rotatable bonds is 9. The smallest absolute Gasteiger partial charge is 0.237 e. The first-order valence-corrected chi connectivity index (χ1v) is 10.7. The summed E-state index contributed by atoms with van der Waals surface area (Å²) in [6.45, 7) is 7.31. The highest BCUT2D eigenvalue weighted by atomic mass is 32.2. The van der Waals surface area contributed by atoms with Crippen LogP contribution >= 0.6 is 11.8 Å². The number of carbonyl (C=O) groups is 3. The van der Waals surface area contributed by atoms with Crippen LogP contribution < -0.4 is 10.6 Å². The predicted molar refractivity (Wildman–Crippen MR) is 121 cm³/mol. The van der Waals surface area contributed by atoms with Gasteiger partial charge in [-0.3, -0.25) is 14.4 Å². The number of ketones is 1. The summed E-state index contributed by atoms with van der Waals surface area (Å²) in [6, 6.07) is 12.8. The molecule has 0 radical (unpaired) electrons. The summed E-state index contributed by atoms with van der Waals surface area (Å²) in [6.07, 6.45) is 1.12. The molecular formula is C23H28N2O3S. The van der Waals surface area contributed by atoms with Crippen molar-refractivity contribution in [3.05, 3.63) is 59.2 Å². The predicted octanol–water partition coefficient (Wildman–Crippen LogP) is 4.99. The van der Waals surface area contributed by atoms with Gasteiger partial charge in [0.15, 0.2) is 5.78 Å². The number of anilines is 2. The van der Waals surface area contributed by atoms with E-state index in [1.54, 1.807) is 24.3 Å². The number of carbonyl (C=O) groups excluding carboxylic acids is 3. The molecule has 0 aliphatic rings. The Bertz CT molecular complexity index is 858. The van der Waals surface area contributed by atoms with E-state index >= 15 is 0 Å². The second-order valence-electron chi connectivity index (χ2n) is 7.05. The minimum absolute atomic E-state index is 0.00609. The zero-order chi connectivity index (χ0) is 21.4. The zero-order valence-electron chi connectivity index (χ0n) is 17.4. The molecule has 0 fully saturated rings. The lowest BCUT2D eigenvalue weighted by atomic mass is 10.1. The molecule has 0 heterocycles. The molecule has 0 aliphatic heterocycles. The Morgan fingerprint density at radius 1 is 0.966 bits per heavy atom. The van der Waals surface area contributed by atoms with Crippen molar-refractivity contribution >= 4 is 40.7 Å². The fraction of sp³-hybridized carbons (Fsp3) is 0.348. The quantitative estimate of drug-likeness (QED) is 0.450. The number of hydrogen-bond acceptors (Lipinski definition) is 4. The van der Waals surface area contributed by atoms with Gasteiger partial charge in [-0.05, 0) is 75.3 Å². The van der Waals surface area contributed by atoms with Gasteiger partial charge in [0.2, 0.25) is 11.8 Å². The first-order chi connectivity index (χ1) is 13.8. The Kier molecular flexibility index (Phi) is 8.46. The summed E-state index contributed by atoms with van der Waals surface area (Å²) >= 11 is 1.52. The van der Waals surface area contributed by atoms with E-state index in [-0.39, 0.29) is 22.8 Å². The van der Waals surface area contributed by atoms with Crippen LogP contribution in [0.3, 0.4) is 0 Å². The molecule has 0 saturated heterocycles. The molecular weight excluding hydrogens is 384 g/mol. The first-order valence-electron chi connectivity index (χ1n) is 9.67. The van der Waals surface area contributed by atoms with E-state index in [4.69, 9.17) is 0 Å². The van der Waals surface area contributed by atoms with E-state index in [2.05, 4.69) is 10.6 Å². The van der Waals surface area contributed by atoms with Gasteiger partial charge in [-0.1, -0.05) is 18.2 Å². The summed E-state index contributed by atoms with van der Waals surface area (Å²) < 4.78 is 0. The van der Waals surface area contributed by atoms with Crippen molar-refractivity contribution in [2.75, 3.05) is 16.4 Å². The fourth-order valence-corrected chi connectivity index (χ4v) is 3.69. The molecule has 6 heteroatoms. The molecule has 0 spiro atoms. The Morgan fingerprint density at radius 3 is 2.17 bits per heavy atom. The van der Waals surface area contributed by atoms with E-state index in [1.165, 1.54) is 18.7 Å². The van der Waals surface area contributed by atoms with E-state index in [0.29, 0.717) is 24.1 Å². The van der Waals surface area contributed by atoms with Crippen molar-refractivity contribution < 1.29 is 14.4 Å². The lowest BCUT2D eigenvalue weighted by Crippen LogP contribution is -2.23. The second kappa shape index (κ2) is 10.8. The van der Waals surface area contributed by atoms with Crippen molar-refractivity contribution in [2.45, 2.75) is 45.8 Å². The molecule has 0 bridgehead atoms. The lowest BCUT2D eigenvalue weighted by Gasteiger charge is -2.13. The largest absolute Gasteiger partial charge is 0.326 e. The molecule has 2 aromatic carbocycles. The third kappa shape index (κ3) is 7.06. The third-order valence-electron chi connectivity index (χ3n) is 4.59. The summed E-state index contributed by atoms with van der Waals surface area (Å²) in [5.74, 6) is 0.613. The number of hydrogen-bond donors (Lipinski definition) is 2. The topological polar surface area (TPSA) is 75.3 Å². The van der Waals surface area contributed by atoms with Gasteiger partial charge in [-0.15, -0.1) is 11.8 Å². The van der Waals surface area contributed by atoms with Gasteiger partial charge in [0.1, 0.15) is 0 Å². The standard InChI is InChI=1S/C23H28N2O3S/c1-15-7-5-8-16(2)22(15)25-21(27)9-6-14-29-18(4)23(28)24-20-12-10-19(11-13-20)17(3)26/h5,7-8,10-13,18H,6,9,14H2,1-4H3,(H,24,28)(H,25,27). The van der Waals surface area contributed by atoms with Crippen LogP contribution in [-0.4, -0.2) is 28.6 Å². The highest BCUT2D eigenvalue weighted by Crippen LogP contribution is 2.20. The van der Waals surface area contributed by atoms with Crippen molar-refractivity contribution in [3.63, 3.8) is 0 Å². The number of aryl methyl sites for hydroxylation is 2. The Balaban J connectivity index is 1.72. The number of thioether (sulfide) groups is 1. The van der Waals surface area contributed by atoms with Crippen LogP contribution in [0.2, 0.25) is 0 Å². The van der Waals surface area contributed by atoms with E-state index < -0.39 is 0 Å². The summed E-state index contributed by atoms with van der Waals surface area (Å²) in [5, 5.41) is 5.60. The molecule has 2 rings (SSSR count). The highest BCUT2D eigenvalue weighted by Gasteiger charge is 2.14. The molecule has 1 unspecified atom stereocenters. The maximum Gasteiger partial charge on any atom is 0.237 e. The highest BCUT2D eigenvalue weighted by molar-refractivity contribution is 8.00. The second-order valence-corrected chi connectivity index (χ2v) is 8.50. The Hall–Kier alpha value is -2.60.